The van der Waals surface area contributed by atoms with E-state index in [4.69, 9.17) is 4.52 Å². The van der Waals surface area contributed by atoms with Gasteiger partial charge in [0.05, 0.1) is 23.2 Å². The van der Waals surface area contributed by atoms with E-state index < -0.39 is 5.25 Å². The highest BCUT2D eigenvalue weighted by molar-refractivity contribution is 8.01. The molecule has 2 unspecified atom stereocenters. The lowest BCUT2D eigenvalue weighted by Gasteiger charge is -2.15. The summed E-state index contributed by atoms with van der Waals surface area (Å²) in [5.74, 6) is 2.14. The molecule has 1 fully saturated rings. The molecular weight excluding hydrogens is 354 g/mol. The minimum atomic E-state index is -0.395. The molecule has 26 heavy (non-hydrogen) atoms. The minimum Gasteiger partial charge on any atom is -0.360 e. The quantitative estimate of drug-likeness (QED) is 0.733. The van der Waals surface area contributed by atoms with E-state index in [-0.39, 0.29) is 23.6 Å². The molecule has 140 valence electrons. The summed E-state index contributed by atoms with van der Waals surface area (Å²) in [6, 6.07) is 3.72. The topological polar surface area (TPSA) is 102 Å². The lowest BCUT2D eigenvalue weighted by molar-refractivity contribution is -0.115. The summed E-state index contributed by atoms with van der Waals surface area (Å²) in [6.07, 6.45) is 4.11. The maximum atomic E-state index is 12.2. The molecule has 0 aliphatic heterocycles. The molecule has 9 heteroatoms. The van der Waals surface area contributed by atoms with Crippen LogP contribution in [0, 0.1) is 12.8 Å². The summed E-state index contributed by atoms with van der Waals surface area (Å²) in [5.41, 5.74) is 0. The predicted molar refractivity (Wildman–Crippen MR) is 100 cm³/mol. The zero-order valence-electron chi connectivity index (χ0n) is 15.1. The Hall–Kier alpha value is -2.29. The van der Waals surface area contributed by atoms with Gasteiger partial charge in [-0.05, 0) is 39.5 Å². The lowest BCUT2D eigenvalue weighted by Crippen LogP contribution is -2.25. The average Bonchev–Trinajstić information content (AvgIpc) is 3.23. The van der Waals surface area contributed by atoms with Crippen molar-refractivity contribution in [2.24, 2.45) is 5.92 Å². The Bertz CT molecular complexity index is 783. The van der Waals surface area contributed by atoms with Gasteiger partial charge in [-0.15, -0.1) is 11.8 Å². The van der Waals surface area contributed by atoms with E-state index >= 15 is 0 Å². The molecular formula is C17H23N5O3S. The predicted octanol–water partition coefficient (Wildman–Crippen LogP) is 2.85. The molecule has 1 saturated carbocycles. The zero-order chi connectivity index (χ0) is 18.7. The molecule has 0 aromatic carbocycles. The molecule has 8 nitrogen and oxygen atoms in total. The van der Waals surface area contributed by atoms with Crippen molar-refractivity contribution in [2.75, 3.05) is 16.4 Å². The van der Waals surface area contributed by atoms with Gasteiger partial charge >= 0.3 is 0 Å². The van der Waals surface area contributed by atoms with Crippen LogP contribution in [-0.2, 0) is 9.59 Å². The number of carbonyl (C=O) groups is 2. The van der Waals surface area contributed by atoms with Gasteiger partial charge in [0.25, 0.3) is 0 Å². The second-order valence-electron chi connectivity index (χ2n) is 6.55. The second-order valence-corrected chi connectivity index (χ2v) is 7.88. The summed E-state index contributed by atoms with van der Waals surface area (Å²) in [7, 11) is 0. The molecule has 2 atom stereocenters. The van der Waals surface area contributed by atoms with Crippen LogP contribution in [0.1, 0.15) is 38.5 Å². The fourth-order valence-electron chi connectivity index (χ4n) is 2.62. The number of hydrogen-bond acceptors (Lipinski definition) is 6. The van der Waals surface area contributed by atoms with E-state index in [1.165, 1.54) is 24.6 Å². The van der Waals surface area contributed by atoms with E-state index in [1.54, 1.807) is 32.2 Å². The van der Waals surface area contributed by atoms with Gasteiger partial charge in [-0.1, -0.05) is 5.16 Å². The van der Waals surface area contributed by atoms with Gasteiger partial charge in [0.2, 0.25) is 11.8 Å². The molecule has 0 spiro atoms. The van der Waals surface area contributed by atoms with Gasteiger partial charge in [0, 0.05) is 12.1 Å². The van der Waals surface area contributed by atoms with Crippen LogP contribution in [0.4, 0.5) is 11.6 Å². The van der Waals surface area contributed by atoms with E-state index in [0.717, 1.165) is 0 Å². The van der Waals surface area contributed by atoms with E-state index in [2.05, 4.69) is 27.8 Å². The number of carbonyl (C=O) groups excluding carboxylic acids is 2. The first-order valence-corrected chi connectivity index (χ1v) is 9.68. The number of amides is 2. The maximum Gasteiger partial charge on any atom is 0.238 e. The van der Waals surface area contributed by atoms with Crippen molar-refractivity contribution in [1.29, 1.82) is 0 Å². The molecule has 2 aromatic rings. The van der Waals surface area contributed by atoms with Crippen molar-refractivity contribution in [3.8, 4) is 0 Å². The van der Waals surface area contributed by atoms with Crippen molar-refractivity contribution >= 4 is 35.2 Å². The fraction of sp³-hybridized carbons (Fsp3) is 0.529. The second kappa shape index (κ2) is 7.94. The number of hydrogen-bond donors (Lipinski definition) is 2. The summed E-state index contributed by atoms with van der Waals surface area (Å²) in [4.78, 5) is 24.3. The Kier molecular flexibility index (Phi) is 5.65. The van der Waals surface area contributed by atoms with E-state index in [9.17, 15) is 9.59 Å². The molecule has 1 aliphatic carbocycles. The van der Waals surface area contributed by atoms with Crippen molar-refractivity contribution in [3.05, 3.63) is 24.1 Å². The van der Waals surface area contributed by atoms with Crippen LogP contribution in [0.25, 0.3) is 0 Å². The first-order chi connectivity index (χ1) is 12.4. The SMILES string of the molecule is Cc1cc(NC(=O)C(C)SCC(=O)Nc2ccnn2C(C)C2CC2)no1. The highest BCUT2D eigenvalue weighted by atomic mass is 32.2. The molecule has 2 amide bonds. The molecule has 0 saturated heterocycles. The first kappa shape index (κ1) is 18.5. The molecule has 1 aliphatic rings. The van der Waals surface area contributed by atoms with Crippen molar-refractivity contribution in [1.82, 2.24) is 14.9 Å². The van der Waals surface area contributed by atoms with E-state index in [1.807, 2.05) is 4.68 Å². The third-order valence-electron chi connectivity index (χ3n) is 4.34. The molecule has 0 bridgehead atoms. The fourth-order valence-corrected chi connectivity index (χ4v) is 3.31. The Morgan fingerprint density at radius 2 is 2.15 bits per heavy atom. The van der Waals surface area contributed by atoms with Gasteiger partial charge in [-0.3, -0.25) is 9.59 Å². The summed E-state index contributed by atoms with van der Waals surface area (Å²) in [6.45, 7) is 5.62. The highest BCUT2D eigenvalue weighted by Gasteiger charge is 2.30. The van der Waals surface area contributed by atoms with Crippen LogP contribution in [-0.4, -0.2) is 37.8 Å². The lowest BCUT2D eigenvalue weighted by atomic mass is 10.2. The van der Waals surface area contributed by atoms with E-state index in [0.29, 0.717) is 23.3 Å². The highest BCUT2D eigenvalue weighted by Crippen LogP contribution is 2.40. The Labute approximate surface area is 156 Å². The number of aromatic nitrogens is 3. The number of nitrogens with one attached hydrogen (secondary N) is 2. The number of rotatable bonds is 8. The van der Waals surface area contributed by atoms with Gasteiger partial charge in [0.15, 0.2) is 5.82 Å². The number of anilines is 2. The minimum absolute atomic E-state index is 0.156. The van der Waals surface area contributed by atoms with Crippen LogP contribution in [0.2, 0.25) is 0 Å². The maximum absolute atomic E-state index is 12.2. The first-order valence-electron chi connectivity index (χ1n) is 8.63. The third kappa shape index (κ3) is 4.66. The summed E-state index contributed by atoms with van der Waals surface area (Å²) in [5, 5.41) is 13.2. The average molecular weight is 377 g/mol. The van der Waals surface area contributed by atoms with Crippen LogP contribution < -0.4 is 10.6 Å². The van der Waals surface area contributed by atoms with Gasteiger partial charge in [-0.2, -0.15) is 5.10 Å². The molecule has 0 radical (unpaired) electrons. The van der Waals surface area contributed by atoms with Crippen molar-refractivity contribution < 1.29 is 14.1 Å². The molecule has 2 heterocycles. The molecule has 2 aromatic heterocycles. The Morgan fingerprint density at radius 1 is 1.38 bits per heavy atom. The largest absolute Gasteiger partial charge is 0.360 e. The molecule has 2 N–H and O–H groups in total. The van der Waals surface area contributed by atoms with Crippen LogP contribution in [0.3, 0.4) is 0 Å². The Balaban J connectivity index is 1.46. The van der Waals surface area contributed by atoms with Gasteiger partial charge < -0.3 is 15.2 Å². The normalized spacial score (nSPS) is 16.1. The number of aryl methyl sites for hydroxylation is 1. The van der Waals surface area contributed by atoms with Gasteiger partial charge in [0.1, 0.15) is 11.6 Å². The summed E-state index contributed by atoms with van der Waals surface area (Å²) >= 11 is 1.26. The Morgan fingerprint density at radius 3 is 2.81 bits per heavy atom. The van der Waals surface area contributed by atoms with Crippen molar-refractivity contribution in [3.63, 3.8) is 0 Å². The standard InChI is InChI=1S/C17H23N5O3S/c1-10-8-14(21-25-10)19-17(24)12(3)26-9-16(23)20-15-6-7-18-22(15)11(2)13-4-5-13/h6-8,11-13H,4-5,9H2,1-3H3,(H,20,23)(H,19,21,24). The third-order valence-corrected chi connectivity index (χ3v) is 5.48. The van der Waals surface area contributed by atoms with Crippen molar-refractivity contribution in [2.45, 2.75) is 44.9 Å². The van der Waals surface area contributed by atoms with Crippen LogP contribution in [0.15, 0.2) is 22.9 Å². The number of nitrogens with zero attached hydrogens (tertiary/aromatic N) is 3. The molecule has 3 rings (SSSR count). The van der Waals surface area contributed by atoms with Gasteiger partial charge in [-0.25, -0.2) is 4.68 Å². The smallest absolute Gasteiger partial charge is 0.238 e. The van der Waals surface area contributed by atoms with Crippen LogP contribution >= 0.6 is 11.8 Å². The summed E-state index contributed by atoms with van der Waals surface area (Å²) < 4.78 is 6.77. The van der Waals surface area contributed by atoms with Crippen LogP contribution in [0.5, 0.6) is 0 Å². The monoisotopic (exact) mass is 377 g/mol. The number of thioether (sulfide) groups is 1. The zero-order valence-corrected chi connectivity index (χ0v) is 15.9.